The number of guanidine groups is 1. The van der Waals surface area contributed by atoms with E-state index in [4.69, 9.17) is 14.1 Å². The second kappa shape index (κ2) is 10.2. The van der Waals surface area contributed by atoms with Crippen LogP contribution in [0.4, 0.5) is 5.69 Å². The highest BCUT2D eigenvalue weighted by atomic mass is 16.5. The minimum Gasteiger partial charge on any atom is -0.491 e. The second-order valence-electron chi connectivity index (χ2n) is 7.68. The predicted octanol–water partition coefficient (Wildman–Crippen LogP) is 3.62. The van der Waals surface area contributed by atoms with Gasteiger partial charge in [-0.2, -0.15) is 0 Å². The molecule has 2 aromatic rings. The van der Waals surface area contributed by atoms with Gasteiger partial charge in [0.15, 0.2) is 5.96 Å². The Morgan fingerprint density at radius 2 is 2.11 bits per heavy atom. The predicted molar refractivity (Wildman–Crippen MR) is 114 cm³/mol. The van der Waals surface area contributed by atoms with Gasteiger partial charge in [0.1, 0.15) is 11.5 Å². The van der Waals surface area contributed by atoms with Gasteiger partial charge in [-0.05, 0) is 76.2 Å². The van der Waals surface area contributed by atoms with Gasteiger partial charge < -0.3 is 24.7 Å². The van der Waals surface area contributed by atoms with Crippen molar-refractivity contribution in [3.8, 4) is 5.75 Å². The van der Waals surface area contributed by atoms with E-state index >= 15 is 0 Å². The molecule has 2 heterocycles. The highest BCUT2D eigenvalue weighted by molar-refractivity contribution is 5.93. The Hall–Kier alpha value is -2.47. The second-order valence-corrected chi connectivity index (χ2v) is 7.68. The van der Waals surface area contributed by atoms with Crippen molar-refractivity contribution in [2.75, 3.05) is 38.5 Å². The molecule has 1 aromatic heterocycles. The van der Waals surface area contributed by atoms with Crippen LogP contribution in [0.2, 0.25) is 0 Å². The maximum atomic E-state index is 5.72. The summed E-state index contributed by atoms with van der Waals surface area (Å²) in [5.74, 6) is 3.27. The lowest BCUT2D eigenvalue weighted by atomic mass is 10.1. The number of hydrogen-bond donors (Lipinski definition) is 2. The van der Waals surface area contributed by atoms with Crippen molar-refractivity contribution < 1.29 is 9.15 Å². The van der Waals surface area contributed by atoms with Crippen LogP contribution >= 0.6 is 0 Å². The average Bonchev–Trinajstić information content (AvgIpc) is 3.32. The van der Waals surface area contributed by atoms with Crippen LogP contribution in [0.1, 0.15) is 26.0 Å². The van der Waals surface area contributed by atoms with Gasteiger partial charge in [-0.15, -0.1) is 0 Å². The third-order valence-corrected chi connectivity index (χ3v) is 4.73. The number of nitrogens with zero attached hydrogens (tertiary/aromatic N) is 2. The standard InChI is InChI=1S/C22H32N4O2/c1-17(2)28-21-8-6-19(7-9-21)25-22(23-12-10-20-5-4-14-27-20)24-15-18-11-13-26(3)16-18/h4-9,14,17-18H,10-13,15-16H2,1-3H3,(H2,23,24,25). The lowest BCUT2D eigenvalue weighted by Gasteiger charge is -2.15. The molecule has 2 N–H and O–H groups in total. The lowest BCUT2D eigenvalue weighted by molar-refractivity contribution is 0.242. The van der Waals surface area contributed by atoms with Gasteiger partial charge in [0.2, 0.25) is 0 Å². The number of anilines is 1. The molecule has 1 aliphatic heterocycles. The zero-order chi connectivity index (χ0) is 19.8. The molecular formula is C22H32N4O2. The van der Waals surface area contributed by atoms with Gasteiger partial charge in [0.25, 0.3) is 0 Å². The maximum Gasteiger partial charge on any atom is 0.195 e. The Morgan fingerprint density at radius 1 is 1.29 bits per heavy atom. The number of benzene rings is 1. The zero-order valence-corrected chi connectivity index (χ0v) is 17.1. The topological polar surface area (TPSA) is 62.0 Å². The number of furan rings is 1. The number of ether oxygens (including phenoxy) is 1. The molecule has 1 fully saturated rings. The molecule has 1 saturated heterocycles. The summed E-state index contributed by atoms with van der Waals surface area (Å²) in [5, 5.41) is 6.84. The van der Waals surface area contributed by atoms with Crippen LogP contribution in [0, 0.1) is 5.92 Å². The van der Waals surface area contributed by atoms with E-state index in [1.54, 1.807) is 6.26 Å². The van der Waals surface area contributed by atoms with Gasteiger partial charge in [-0.1, -0.05) is 0 Å². The molecular weight excluding hydrogens is 352 g/mol. The smallest absolute Gasteiger partial charge is 0.195 e. The van der Waals surface area contributed by atoms with Crippen LogP contribution in [0.15, 0.2) is 52.1 Å². The molecule has 1 unspecified atom stereocenters. The normalized spacial score (nSPS) is 17.9. The fourth-order valence-corrected chi connectivity index (χ4v) is 3.32. The van der Waals surface area contributed by atoms with E-state index in [2.05, 4.69) is 22.6 Å². The van der Waals surface area contributed by atoms with Crippen molar-refractivity contribution in [3.05, 3.63) is 48.4 Å². The van der Waals surface area contributed by atoms with Gasteiger partial charge >= 0.3 is 0 Å². The molecule has 0 radical (unpaired) electrons. The molecule has 1 aromatic carbocycles. The van der Waals surface area contributed by atoms with Crippen LogP contribution in [0.5, 0.6) is 5.75 Å². The van der Waals surface area contributed by atoms with Gasteiger partial charge in [-0.25, -0.2) is 0 Å². The third-order valence-electron chi connectivity index (χ3n) is 4.73. The molecule has 0 amide bonds. The van der Waals surface area contributed by atoms with E-state index < -0.39 is 0 Å². The Balaban J connectivity index is 1.59. The Labute approximate surface area is 168 Å². The molecule has 6 nitrogen and oxygen atoms in total. The highest BCUT2D eigenvalue weighted by Crippen LogP contribution is 2.17. The first-order chi connectivity index (χ1) is 13.6. The summed E-state index contributed by atoms with van der Waals surface area (Å²) in [6.45, 7) is 7.92. The summed E-state index contributed by atoms with van der Waals surface area (Å²) in [7, 11) is 2.17. The summed E-state index contributed by atoms with van der Waals surface area (Å²) in [4.78, 5) is 7.20. The van der Waals surface area contributed by atoms with Gasteiger partial charge in [0.05, 0.1) is 12.4 Å². The molecule has 1 atom stereocenters. The van der Waals surface area contributed by atoms with E-state index in [0.29, 0.717) is 5.92 Å². The molecule has 0 aliphatic carbocycles. The monoisotopic (exact) mass is 384 g/mol. The van der Waals surface area contributed by atoms with Crippen LogP contribution in [-0.4, -0.2) is 50.2 Å². The van der Waals surface area contributed by atoms with Crippen LogP contribution in [0.3, 0.4) is 0 Å². The van der Waals surface area contributed by atoms with Crippen molar-refractivity contribution in [3.63, 3.8) is 0 Å². The van der Waals surface area contributed by atoms with E-state index in [-0.39, 0.29) is 6.10 Å². The molecule has 1 aliphatic rings. The van der Waals surface area contributed by atoms with Crippen molar-refractivity contribution in [2.45, 2.75) is 32.8 Å². The Morgan fingerprint density at radius 3 is 2.75 bits per heavy atom. The first-order valence-corrected chi connectivity index (χ1v) is 10.1. The fraction of sp³-hybridized carbons (Fsp3) is 0.500. The SMILES string of the molecule is CC(C)Oc1ccc(NC(=NCC2CCN(C)C2)NCCc2ccco2)cc1. The van der Waals surface area contributed by atoms with Gasteiger partial charge in [-0.3, -0.25) is 4.99 Å². The number of nitrogens with one attached hydrogen (secondary N) is 2. The molecule has 28 heavy (non-hydrogen) atoms. The number of likely N-dealkylation sites (tertiary alicyclic amines) is 1. The van der Waals surface area contributed by atoms with Gasteiger partial charge in [0, 0.05) is 31.7 Å². The first kappa shape index (κ1) is 20.3. The van der Waals surface area contributed by atoms with E-state index in [0.717, 1.165) is 55.8 Å². The molecule has 3 rings (SSSR count). The summed E-state index contributed by atoms with van der Waals surface area (Å²) in [6.07, 6.45) is 3.91. The minimum atomic E-state index is 0.170. The number of rotatable bonds is 8. The van der Waals surface area contributed by atoms with Crippen LogP contribution in [-0.2, 0) is 6.42 Å². The quantitative estimate of drug-likeness (QED) is 0.538. The summed E-state index contributed by atoms with van der Waals surface area (Å²) in [5.41, 5.74) is 0.990. The summed E-state index contributed by atoms with van der Waals surface area (Å²) in [6, 6.07) is 11.9. The number of hydrogen-bond acceptors (Lipinski definition) is 4. The molecule has 152 valence electrons. The Bertz CT molecular complexity index is 726. The molecule has 0 spiro atoms. The van der Waals surface area contributed by atoms with Crippen LogP contribution in [0.25, 0.3) is 0 Å². The molecule has 6 heteroatoms. The first-order valence-electron chi connectivity index (χ1n) is 10.1. The molecule has 0 saturated carbocycles. The zero-order valence-electron chi connectivity index (χ0n) is 17.1. The minimum absolute atomic E-state index is 0.170. The van der Waals surface area contributed by atoms with Crippen LogP contribution < -0.4 is 15.4 Å². The third kappa shape index (κ3) is 6.60. The molecule has 0 bridgehead atoms. The van der Waals surface area contributed by atoms with E-state index in [1.165, 1.54) is 6.42 Å². The summed E-state index contributed by atoms with van der Waals surface area (Å²) >= 11 is 0. The highest BCUT2D eigenvalue weighted by Gasteiger charge is 2.19. The fourth-order valence-electron chi connectivity index (χ4n) is 3.32. The van der Waals surface area contributed by atoms with Crippen molar-refractivity contribution >= 4 is 11.6 Å². The lowest BCUT2D eigenvalue weighted by Crippen LogP contribution is -2.33. The van der Waals surface area contributed by atoms with E-state index in [9.17, 15) is 0 Å². The van der Waals surface area contributed by atoms with Crippen molar-refractivity contribution in [1.29, 1.82) is 0 Å². The Kier molecular flexibility index (Phi) is 7.37. The largest absolute Gasteiger partial charge is 0.491 e. The summed E-state index contributed by atoms with van der Waals surface area (Å²) < 4.78 is 11.1. The van der Waals surface area contributed by atoms with Crippen molar-refractivity contribution in [2.24, 2.45) is 10.9 Å². The van der Waals surface area contributed by atoms with Crippen molar-refractivity contribution in [1.82, 2.24) is 10.2 Å². The van der Waals surface area contributed by atoms with E-state index in [1.807, 2.05) is 50.2 Å². The number of aliphatic imine (C=N–C) groups is 1. The maximum absolute atomic E-state index is 5.72. The average molecular weight is 385 g/mol.